The Morgan fingerprint density at radius 2 is 2.10 bits per heavy atom. The minimum Gasteiger partial charge on any atom is -0.352 e. The maximum atomic E-state index is 11.9. The molecule has 2 heterocycles. The average Bonchev–Trinajstić information content (AvgIpc) is 3.09. The first-order valence-corrected chi connectivity index (χ1v) is 6.87. The number of hydrogen-bond acceptors (Lipinski definition) is 3. The fourth-order valence-corrected chi connectivity index (χ4v) is 2.26. The molecule has 0 saturated carbocycles. The molecule has 2 aromatic heterocycles. The van der Waals surface area contributed by atoms with Crippen molar-refractivity contribution in [2.45, 2.75) is 19.5 Å². The van der Waals surface area contributed by atoms with Crippen molar-refractivity contribution in [2.24, 2.45) is 7.05 Å². The second kappa shape index (κ2) is 5.78. The van der Waals surface area contributed by atoms with Crippen molar-refractivity contribution in [2.75, 3.05) is 0 Å². The Morgan fingerprint density at radius 1 is 1.24 bits per heavy atom. The summed E-state index contributed by atoms with van der Waals surface area (Å²) in [6, 6.07) is 7.98. The lowest BCUT2D eigenvalue weighted by molar-refractivity contribution is -0.121. The number of carbonyl (C=O) groups excluding carboxylic acids is 1. The molecule has 0 aliphatic heterocycles. The van der Waals surface area contributed by atoms with E-state index in [2.05, 4.69) is 15.5 Å². The summed E-state index contributed by atoms with van der Waals surface area (Å²) in [4.78, 5) is 11.9. The molecule has 0 atom stereocenters. The second-order valence-electron chi connectivity index (χ2n) is 4.98. The molecule has 1 aromatic carbocycles. The first kappa shape index (κ1) is 13.4. The molecule has 0 radical (unpaired) electrons. The van der Waals surface area contributed by atoms with E-state index in [1.165, 1.54) is 0 Å². The summed E-state index contributed by atoms with van der Waals surface area (Å²) in [7, 11) is 1.86. The Bertz CT molecular complexity index is 758. The molecule has 0 fully saturated rings. The van der Waals surface area contributed by atoms with E-state index in [1.54, 1.807) is 10.9 Å². The molecule has 6 heteroatoms. The maximum Gasteiger partial charge on any atom is 0.222 e. The van der Waals surface area contributed by atoms with Crippen LogP contribution in [0.25, 0.3) is 10.9 Å². The van der Waals surface area contributed by atoms with E-state index >= 15 is 0 Å². The number of rotatable bonds is 5. The molecule has 0 bridgehead atoms. The molecule has 0 aliphatic rings. The van der Waals surface area contributed by atoms with Gasteiger partial charge in [-0.1, -0.05) is 18.2 Å². The molecular weight excluding hydrogens is 266 g/mol. The molecule has 3 rings (SSSR count). The van der Waals surface area contributed by atoms with Gasteiger partial charge in [0.15, 0.2) is 0 Å². The van der Waals surface area contributed by atoms with Gasteiger partial charge in [-0.15, -0.1) is 0 Å². The third kappa shape index (κ3) is 3.10. The summed E-state index contributed by atoms with van der Waals surface area (Å²) in [5.74, 6) is 0.0124. The van der Waals surface area contributed by atoms with E-state index in [-0.39, 0.29) is 5.91 Å². The average molecular weight is 283 g/mol. The van der Waals surface area contributed by atoms with Crippen LogP contribution in [0.2, 0.25) is 0 Å². The van der Waals surface area contributed by atoms with Crippen LogP contribution >= 0.6 is 0 Å². The number of benzene rings is 1. The molecule has 6 nitrogen and oxygen atoms in total. The predicted octanol–water partition coefficient (Wildman–Crippen LogP) is 1.48. The Kier molecular flexibility index (Phi) is 3.68. The lowest BCUT2D eigenvalue weighted by Crippen LogP contribution is -2.23. The van der Waals surface area contributed by atoms with E-state index in [9.17, 15) is 4.79 Å². The minimum absolute atomic E-state index is 0.0124. The first-order chi connectivity index (χ1) is 10.2. The van der Waals surface area contributed by atoms with Crippen molar-refractivity contribution in [1.82, 2.24) is 24.9 Å². The van der Waals surface area contributed by atoms with Crippen molar-refractivity contribution in [3.63, 3.8) is 0 Å². The summed E-state index contributed by atoms with van der Waals surface area (Å²) >= 11 is 0. The molecule has 0 unspecified atom stereocenters. The standard InChI is InChI=1S/C15H17N5O/c1-19-11-12(9-17-19)8-16-15(21)6-7-20-14-5-3-2-4-13(14)10-18-20/h2-5,9-11H,6-8H2,1H3,(H,16,21). The number of nitrogens with zero attached hydrogens (tertiary/aromatic N) is 4. The third-order valence-electron chi connectivity index (χ3n) is 3.35. The lowest BCUT2D eigenvalue weighted by atomic mass is 10.2. The van der Waals surface area contributed by atoms with Gasteiger partial charge in [0.1, 0.15) is 0 Å². The highest BCUT2D eigenvalue weighted by molar-refractivity contribution is 5.79. The number of fused-ring (bicyclic) bond motifs is 1. The fraction of sp³-hybridized carbons (Fsp3) is 0.267. The summed E-state index contributed by atoms with van der Waals surface area (Å²) in [6.07, 6.45) is 5.87. The van der Waals surface area contributed by atoms with Crippen molar-refractivity contribution in [3.05, 3.63) is 48.4 Å². The van der Waals surface area contributed by atoms with Gasteiger partial charge < -0.3 is 5.32 Å². The van der Waals surface area contributed by atoms with E-state index < -0.39 is 0 Å². The largest absolute Gasteiger partial charge is 0.352 e. The number of aryl methyl sites for hydroxylation is 2. The van der Waals surface area contributed by atoms with Crippen LogP contribution in [0.5, 0.6) is 0 Å². The van der Waals surface area contributed by atoms with Gasteiger partial charge in [-0.2, -0.15) is 10.2 Å². The van der Waals surface area contributed by atoms with Gasteiger partial charge in [-0.05, 0) is 6.07 Å². The summed E-state index contributed by atoms with van der Waals surface area (Å²) in [5, 5.41) is 12.4. The fourth-order valence-electron chi connectivity index (χ4n) is 2.26. The second-order valence-corrected chi connectivity index (χ2v) is 4.98. The number of para-hydroxylation sites is 1. The van der Waals surface area contributed by atoms with Crippen LogP contribution < -0.4 is 5.32 Å². The van der Waals surface area contributed by atoms with Crippen LogP contribution in [-0.4, -0.2) is 25.5 Å². The minimum atomic E-state index is 0.0124. The smallest absolute Gasteiger partial charge is 0.222 e. The van der Waals surface area contributed by atoms with E-state index in [4.69, 9.17) is 0 Å². The lowest BCUT2D eigenvalue weighted by Gasteiger charge is -2.05. The molecule has 1 amide bonds. The van der Waals surface area contributed by atoms with Crippen molar-refractivity contribution >= 4 is 16.8 Å². The van der Waals surface area contributed by atoms with Gasteiger partial charge in [-0.3, -0.25) is 14.2 Å². The van der Waals surface area contributed by atoms with Gasteiger partial charge in [0, 0.05) is 37.2 Å². The number of amides is 1. The van der Waals surface area contributed by atoms with Gasteiger partial charge >= 0.3 is 0 Å². The predicted molar refractivity (Wildman–Crippen MR) is 79.4 cm³/mol. The van der Waals surface area contributed by atoms with Gasteiger partial charge in [0.2, 0.25) is 5.91 Å². The highest BCUT2D eigenvalue weighted by atomic mass is 16.1. The monoisotopic (exact) mass is 283 g/mol. The van der Waals surface area contributed by atoms with Gasteiger partial charge in [-0.25, -0.2) is 0 Å². The number of hydrogen-bond donors (Lipinski definition) is 1. The Hall–Kier alpha value is -2.63. The molecule has 108 valence electrons. The number of aromatic nitrogens is 4. The Morgan fingerprint density at radius 3 is 2.90 bits per heavy atom. The molecule has 0 aliphatic carbocycles. The van der Waals surface area contributed by atoms with E-state index in [0.717, 1.165) is 16.5 Å². The number of carbonyl (C=O) groups is 1. The van der Waals surface area contributed by atoms with E-state index in [0.29, 0.717) is 19.5 Å². The maximum absolute atomic E-state index is 11.9. The molecule has 0 saturated heterocycles. The van der Waals surface area contributed by atoms with Crippen LogP contribution in [0.4, 0.5) is 0 Å². The summed E-state index contributed by atoms with van der Waals surface area (Å²) in [5.41, 5.74) is 2.05. The molecule has 21 heavy (non-hydrogen) atoms. The molecule has 0 spiro atoms. The van der Waals surface area contributed by atoms with E-state index in [1.807, 2.05) is 48.4 Å². The van der Waals surface area contributed by atoms with Crippen LogP contribution in [0.15, 0.2) is 42.9 Å². The van der Waals surface area contributed by atoms with Gasteiger partial charge in [0.05, 0.1) is 24.5 Å². The van der Waals surface area contributed by atoms with Gasteiger partial charge in [0.25, 0.3) is 0 Å². The molecule has 1 N–H and O–H groups in total. The van der Waals surface area contributed by atoms with Crippen LogP contribution in [-0.2, 0) is 24.9 Å². The summed E-state index contributed by atoms with van der Waals surface area (Å²) in [6.45, 7) is 1.08. The first-order valence-electron chi connectivity index (χ1n) is 6.87. The third-order valence-corrected chi connectivity index (χ3v) is 3.35. The zero-order valence-corrected chi connectivity index (χ0v) is 11.9. The Labute approximate surface area is 122 Å². The van der Waals surface area contributed by atoms with Crippen molar-refractivity contribution in [1.29, 1.82) is 0 Å². The number of nitrogens with one attached hydrogen (secondary N) is 1. The van der Waals surface area contributed by atoms with Crippen LogP contribution in [0.1, 0.15) is 12.0 Å². The zero-order chi connectivity index (χ0) is 14.7. The highest BCUT2D eigenvalue weighted by Crippen LogP contribution is 2.12. The Balaban J connectivity index is 1.54. The zero-order valence-electron chi connectivity index (χ0n) is 11.9. The normalized spacial score (nSPS) is 10.9. The SMILES string of the molecule is Cn1cc(CNC(=O)CCn2ncc3ccccc32)cn1. The van der Waals surface area contributed by atoms with Crippen LogP contribution in [0, 0.1) is 0 Å². The topological polar surface area (TPSA) is 64.7 Å². The quantitative estimate of drug-likeness (QED) is 0.771. The summed E-state index contributed by atoms with van der Waals surface area (Å²) < 4.78 is 3.58. The molecular formula is C15H17N5O. The highest BCUT2D eigenvalue weighted by Gasteiger charge is 2.06. The molecule has 3 aromatic rings. The van der Waals surface area contributed by atoms with Crippen molar-refractivity contribution < 1.29 is 4.79 Å². The van der Waals surface area contributed by atoms with Crippen LogP contribution in [0.3, 0.4) is 0 Å². The van der Waals surface area contributed by atoms with Crippen molar-refractivity contribution in [3.8, 4) is 0 Å².